The van der Waals surface area contributed by atoms with Crippen LogP contribution in [0.4, 0.5) is 5.69 Å². The van der Waals surface area contributed by atoms with Crippen LogP contribution < -0.4 is 16.0 Å². The summed E-state index contributed by atoms with van der Waals surface area (Å²) in [6, 6.07) is 3.57. The molecule has 7 heteroatoms. The fourth-order valence-corrected chi connectivity index (χ4v) is 2.62. The van der Waals surface area contributed by atoms with Gasteiger partial charge >= 0.3 is 0 Å². The minimum absolute atomic E-state index is 0.216. The smallest absolute Gasteiger partial charge is 0.274 e. The van der Waals surface area contributed by atoms with Gasteiger partial charge in [0.05, 0.1) is 29.7 Å². The van der Waals surface area contributed by atoms with Crippen LogP contribution in [0.1, 0.15) is 5.56 Å². The summed E-state index contributed by atoms with van der Waals surface area (Å²) in [6.45, 7) is 2.32. The maximum atomic E-state index is 12.5. The molecule has 1 saturated heterocycles. The summed E-state index contributed by atoms with van der Waals surface area (Å²) in [5.74, 6) is 0. The average molecular weight is 286 g/mol. The molecule has 0 aliphatic carbocycles. The second-order valence-electron chi connectivity index (χ2n) is 4.90. The predicted molar refractivity (Wildman–Crippen MR) is 77.6 cm³/mol. The number of rotatable bonds is 1. The van der Waals surface area contributed by atoms with Gasteiger partial charge < -0.3 is 19.2 Å². The molecule has 0 amide bonds. The lowest BCUT2D eigenvalue weighted by Crippen LogP contribution is -2.40. The molecule has 3 heterocycles. The van der Waals surface area contributed by atoms with Crippen LogP contribution in [-0.2, 0) is 11.8 Å². The van der Waals surface area contributed by atoms with Crippen molar-refractivity contribution in [2.45, 2.75) is 0 Å². The number of ether oxygens (including phenoxy) is 1. The van der Waals surface area contributed by atoms with Crippen molar-refractivity contribution in [2.24, 2.45) is 7.05 Å². The first-order valence-electron chi connectivity index (χ1n) is 6.61. The van der Waals surface area contributed by atoms with Crippen LogP contribution in [0.5, 0.6) is 0 Å². The van der Waals surface area contributed by atoms with Gasteiger partial charge in [0.15, 0.2) is 0 Å². The Bertz CT molecular complexity index is 853. The zero-order chi connectivity index (χ0) is 15.0. The molecule has 0 spiro atoms. The third-order valence-corrected chi connectivity index (χ3v) is 3.71. The lowest BCUT2D eigenvalue weighted by molar-refractivity contribution is 0.122. The van der Waals surface area contributed by atoms with Gasteiger partial charge in [-0.1, -0.05) is 0 Å². The Kier molecular flexibility index (Phi) is 3.23. The van der Waals surface area contributed by atoms with Crippen LogP contribution in [0.2, 0.25) is 0 Å². The first kappa shape index (κ1) is 13.4. The van der Waals surface area contributed by atoms with Gasteiger partial charge in [0, 0.05) is 26.3 Å². The summed E-state index contributed by atoms with van der Waals surface area (Å²) in [6.07, 6.45) is 1.33. The number of fused-ring (bicyclic) bond motifs is 1. The molecule has 1 fully saturated rings. The molecule has 1 aliphatic heterocycles. The molecule has 1 aliphatic rings. The van der Waals surface area contributed by atoms with E-state index in [-0.39, 0.29) is 16.7 Å². The summed E-state index contributed by atoms with van der Waals surface area (Å²) in [5.41, 5.74) is 0.579. The SMILES string of the molecule is Cn1c(=O)c(N2CCOCC2)cc2c(=O)[nH]cc(C#N)c21. The van der Waals surface area contributed by atoms with E-state index in [1.807, 2.05) is 11.0 Å². The van der Waals surface area contributed by atoms with Crippen LogP contribution in [0.3, 0.4) is 0 Å². The molecular weight excluding hydrogens is 272 g/mol. The number of pyridine rings is 2. The van der Waals surface area contributed by atoms with E-state index in [0.717, 1.165) is 0 Å². The molecule has 2 aromatic rings. The van der Waals surface area contributed by atoms with Crippen LogP contribution >= 0.6 is 0 Å². The zero-order valence-corrected chi connectivity index (χ0v) is 11.5. The van der Waals surface area contributed by atoms with Gasteiger partial charge in [0.1, 0.15) is 11.8 Å². The van der Waals surface area contributed by atoms with Gasteiger partial charge in [-0.05, 0) is 6.07 Å². The molecule has 2 aromatic heterocycles. The maximum absolute atomic E-state index is 12.5. The van der Waals surface area contributed by atoms with Gasteiger partial charge in [0.25, 0.3) is 11.1 Å². The molecule has 0 atom stereocenters. The van der Waals surface area contributed by atoms with Crippen molar-refractivity contribution in [3.8, 4) is 6.07 Å². The summed E-state index contributed by atoms with van der Waals surface area (Å²) >= 11 is 0. The van der Waals surface area contributed by atoms with Crippen molar-refractivity contribution < 1.29 is 4.74 Å². The zero-order valence-electron chi connectivity index (χ0n) is 11.5. The molecule has 108 valence electrons. The molecule has 3 rings (SSSR count). The molecule has 21 heavy (non-hydrogen) atoms. The second kappa shape index (κ2) is 5.07. The van der Waals surface area contributed by atoms with Crippen LogP contribution in [0.15, 0.2) is 21.9 Å². The molecule has 0 bridgehead atoms. The van der Waals surface area contributed by atoms with E-state index in [1.165, 1.54) is 10.8 Å². The van der Waals surface area contributed by atoms with Crippen LogP contribution in [-0.4, -0.2) is 35.9 Å². The number of hydrogen-bond acceptors (Lipinski definition) is 5. The van der Waals surface area contributed by atoms with Gasteiger partial charge in [-0.2, -0.15) is 5.26 Å². The third-order valence-electron chi connectivity index (χ3n) is 3.71. The number of nitrogens with one attached hydrogen (secondary N) is 1. The highest BCUT2D eigenvalue weighted by Crippen LogP contribution is 2.18. The van der Waals surface area contributed by atoms with Crippen molar-refractivity contribution in [1.29, 1.82) is 5.26 Å². The number of aromatic amines is 1. The molecule has 1 N–H and O–H groups in total. The van der Waals surface area contributed by atoms with E-state index in [1.54, 1.807) is 13.1 Å². The second-order valence-corrected chi connectivity index (χ2v) is 4.90. The molecule has 0 unspecified atom stereocenters. The molecular formula is C14H14N4O3. The summed E-state index contributed by atoms with van der Waals surface area (Å²) < 4.78 is 6.65. The highest BCUT2D eigenvalue weighted by Gasteiger charge is 2.19. The largest absolute Gasteiger partial charge is 0.378 e. The first-order valence-corrected chi connectivity index (χ1v) is 6.61. The number of hydrogen-bond donors (Lipinski definition) is 1. The van der Waals surface area contributed by atoms with E-state index in [0.29, 0.717) is 42.9 Å². The summed E-state index contributed by atoms with van der Waals surface area (Å²) in [5, 5.41) is 9.49. The summed E-state index contributed by atoms with van der Waals surface area (Å²) in [7, 11) is 1.58. The van der Waals surface area contributed by atoms with E-state index >= 15 is 0 Å². The number of anilines is 1. The monoisotopic (exact) mass is 286 g/mol. The standard InChI is InChI=1S/C14H14N4O3/c1-17-12-9(7-15)8-16-13(19)10(12)6-11(14(17)20)18-2-4-21-5-3-18/h6,8H,2-5H2,1H3,(H,16,19). The predicted octanol–water partition coefficient (Wildman–Crippen LogP) is -0.0649. The highest BCUT2D eigenvalue weighted by atomic mass is 16.5. The van der Waals surface area contributed by atoms with Gasteiger partial charge in [-0.15, -0.1) is 0 Å². The third kappa shape index (κ3) is 2.10. The minimum Gasteiger partial charge on any atom is -0.378 e. The number of nitriles is 1. The van der Waals surface area contributed by atoms with Gasteiger partial charge in [-0.25, -0.2) is 0 Å². The number of aryl methyl sites for hydroxylation is 1. The summed E-state index contributed by atoms with van der Waals surface area (Å²) in [4.78, 5) is 29.0. The first-order chi connectivity index (χ1) is 10.1. The Hall–Kier alpha value is -2.59. The Morgan fingerprint density at radius 3 is 2.71 bits per heavy atom. The van der Waals surface area contributed by atoms with Gasteiger partial charge in [-0.3, -0.25) is 9.59 Å². The van der Waals surface area contributed by atoms with Crippen molar-refractivity contribution >= 4 is 16.6 Å². The Labute approximate surface area is 120 Å². The van der Waals surface area contributed by atoms with Crippen molar-refractivity contribution in [3.05, 3.63) is 38.5 Å². The minimum atomic E-state index is -0.311. The van der Waals surface area contributed by atoms with Crippen LogP contribution in [0, 0.1) is 11.3 Å². The fourth-order valence-electron chi connectivity index (χ4n) is 2.62. The van der Waals surface area contributed by atoms with E-state index in [9.17, 15) is 9.59 Å². The van der Waals surface area contributed by atoms with Gasteiger partial charge in [0.2, 0.25) is 0 Å². The quantitative estimate of drug-likeness (QED) is 0.792. The van der Waals surface area contributed by atoms with Crippen molar-refractivity contribution in [1.82, 2.24) is 9.55 Å². The lowest BCUT2D eigenvalue weighted by Gasteiger charge is -2.28. The molecule has 7 nitrogen and oxygen atoms in total. The number of H-pyrrole nitrogens is 1. The maximum Gasteiger partial charge on any atom is 0.274 e. The van der Waals surface area contributed by atoms with E-state index in [2.05, 4.69) is 4.98 Å². The highest BCUT2D eigenvalue weighted by molar-refractivity contribution is 5.86. The number of nitrogens with zero attached hydrogens (tertiary/aromatic N) is 3. The van der Waals surface area contributed by atoms with E-state index in [4.69, 9.17) is 10.00 Å². The topological polar surface area (TPSA) is 91.1 Å². The number of morpholine rings is 1. The van der Waals surface area contributed by atoms with E-state index < -0.39 is 0 Å². The molecule has 0 radical (unpaired) electrons. The Balaban J connectivity index is 2.32. The Morgan fingerprint density at radius 1 is 1.33 bits per heavy atom. The van der Waals surface area contributed by atoms with Crippen molar-refractivity contribution in [2.75, 3.05) is 31.2 Å². The Morgan fingerprint density at radius 2 is 2.05 bits per heavy atom. The normalized spacial score (nSPS) is 15.1. The molecule has 0 aromatic carbocycles. The lowest BCUT2D eigenvalue weighted by atomic mass is 10.1. The number of aromatic nitrogens is 2. The fraction of sp³-hybridized carbons (Fsp3) is 0.357. The van der Waals surface area contributed by atoms with Crippen molar-refractivity contribution in [3.63, 3.8) is 0 Å². The molecule has 0 saturated carbocycles. The average Bonchev–Trinajstić information content (AvgIpc) is 2.52. The van der Waals surface area contributed by atoms with Crippen LogP contribution in [0.25, 0.3) is 10.9 Å².